The molecule has 1 aliphatic heterocycles. The molecule has 0 atom stereocenters. The summed E-state index contributed by atoms with van der Waals surface area (Å²) in [6.45, 7) is 0.784. The number of nitrogens with zero attached hydrogens (tertiary/aromatic N) is 2. The second-order valence-corrected chi connectivity index (χ2v) is 3.18. The van der Waals surface area contributed by atoms with E-state index in [1.807, 2.05) is 41.5 Å². The second-order valence-electron chi connectivity index (χ2n) is 2.75. The first-order valence-electron chi connectivity index (χ1n) is 4.08. The smallest absolute Gasteiger partial charge is 0.132 e. The molecule has 0 N–H and O–H groups in total. The minimum Gasteiger partial charge on any atom is -0.329 e. The minimum absolute atomic E-state index is 0. The summed E-state index contributed by atoms with van der Waals surface area (Å²) in [5.41, 5.74) is 0. The largest absolute Gasteiger partial charge is 0.329 e. The Kier molecular flexibility index (Phi) is 3.98. The van der Waals surface area contributed by atoms with Crippen LogP contribution in [0.5, 0.6) is 0 Å². The maximum absolute atomic E-state index is 5.80. The third-order valence-electron chi connectivity index (χ3n) is 1.84. The van der Waals surface area contributed by atoms with Gasteiger partial charge in [0.05, 0.1) is 0 Å². The van der Waals surface area contributed by atoms with E-state index in [0.29, 0.717) is 0 Å². The summed E-state index contributed by atoms with van der Waals surface area (Å²) in [5, 5.41) is 0.784. The molecule has 1 aromatic rings. The van der Waals surface area contributed by atoms with E-state index in [4.69, 9.17) is 11.6 Å². The normalized spacial score (nSPS) is 14.6. The topological polar surface area (TPSA) is 16.1 Å². The SMILES string of the molecule is Cl.ClC1=CCN(c2ccccn2)C=C1. The lowest BCUT2D eigenvalue weighted by Crippen LogP contribution is -2.18. The quantitative estimate of drug-likeness (QED) is 0.735. The van der Waals surface area contributed by atoms with Gasteiger partial charge in [0.15, 0.2) is 0 Å². The fourth-order valence-corrected chi connectivity index (χ4v) is 1.29. The number of hydrogen-bond donors (Lipinski definition) is 0. The molecule has 2 heterocycles. The molecule has 0 radical (unpaired) electrons. The fraction of sp³-hybridized carbons (Fsp3) is 0.100. The first-order chi connectivity index (χ1) is 6.36. The molecule has 2 rings (SSSR count). The predicted molar refractivity (Wildman–Crippen MR) is 61.9 cm³/mol. The Morgan fingerprint density at radius 1 is 1.36 bits per heavy atom. The van der Waals surface area contributed by atoms with Crippen LogP contribution in [-0.4, -0.2) is 11.5 Å². The van der Waals surface area contributed by atoms with Crippen LogP contribution < -0.4 is 4.90 Å². The van der Waals surface area contributed by atoms with Crippen molar-refractivity contribution in [3.63, 3.8) is 0 Å². The summed E-state index contributed by atoms with van der Waals surface area (Å²) in [6.07, 6.45) is 7.53. The number of rotatable bonds is 1. The molecule has 0 bridgehead atoms. The van der Waals surface area contributed by atoms with Crippen molar-refractivity contribution < 1.29 is 0 Å². The third-order valence-corrected chi connectivity index (χ3v) is 2.12. The van der Waals surface area contributed by atoms with Crippen LogP contribution in [0.2, 0.25) is 0 Å². The number of anilines is 1. The van der Waals surface area contributed by atoms with Crippen LogP contribution in [-0.2, 0) is 0 Å². The van der Waals surface area contributed by atoms with Crippen molar-refractivity contribution in [2.24, 2.45) is 0 Å². The van der Waals surface area contributed by atoms with E-state index in [9.17, 15) is 0 Å². The standard InChI is InChI=1S/C10H9ClN2.ClH/c11-9-4-7-13(8-5-9)10-3-1-2-6-12-10;/h1-7H,8H2;1H. The number of halogens is 2. The number of allylic oxidation sites excluding steroid dienone is 2. The van der Waals surface area contributed by atoms with Gasteiger partial charge in [0.25, 0.3) is 0 Å². The second kappa shape index (κ2) is 5.03. The molecule has 0 spiro atoms. The Bertz CT molecular complexity index is 346. The third kappa shape index (κ3) is 2.50. The van der Waals surface area contributed by atoms with E-state index in [0.717, 1.165) is 17.4 Å². The first kappa shape index (κ1) is 11.1. The van der Waals surface area contributed by atoms with Crippen molar-refractivity contribution >= 4 is 29.8 Å². The Hall–Kier alpha value is -0.990. The highest BCUT2D eigenvalue weighted by Crippen LogP contribution is 2.16. The van der Waals surface area contributed by atoms with Crippen LogP contribution in [0, 0.1) is 0 Å². The molecule has 0 aromatic carbocycles. The van der Waals surface area contributed by atoms with Crippen LogP contribution in [0.3, 0.4) is 0 Å². The van der Waals surface area contributed by atoms with Gasteiger partial charge in [0.2, 0.25) is 0 Å². The molecule has 1 aliphatic rings. The van der Waals surface area contributed by atoms with Gasteiger partial charge in [0.1, 0.15) is 5.82 Å². The minimum atomic E-state index is 0. The maximum Gasteiger partial charge on any atom is 0.132 e. The van der Waals surface area contributed by atoms with Crippen molar-refractivity contribution in [2.45, 2.75) is 0 Å². The van der Waals surface area contributed by atoms with Gasteiger partial charge in [-0.3, -0.25) is 0 Å². The van der Waals surface area contributed by atoms with Gasteiger partial charge in [-0.05, 0) is 24.3 Å². The Morgan fingerprint density at radius 2 is 2.21 bits per heavy atom. The molecule has 0 aliphatic carbocycles. The maximum atomic E-state index is 5.80. The summed E-state index contributed by atoms with van der Waals surface area (Å²) in [6, 6.07) is 5.84. The summed E-state index contributed by atoms with van der Waals surface area (Å²) in [5.74, 6) is 0.944. The molecule has 0 saturated heterocycles. The van der Waals surface area contributed by atoms with Crippen LogP contribution in [0.25, 0.3) is 0 Å². The van der Waals surface area contributed by atoms with E-state index in [1.165, 1.54) is 0 Å². The molecule has 2 nitrogen and oxygen atoms in total. The summed E-state index contributed by atoms with van der Waals surface area (Å²) < 4.78 is 0. The molecular weight excluding hydrogens is 219 g/mol. The van der Waals surface area contributed by atoms with Crippen molar-refractivity contribution in [2.75, 3.05) is 11.4 Å². The molecule has 74 valence electrons. The number of aromatic nitrogens is 1. The zero-order valence-corrected chi connectivity index (χ0v) is 9.00. The summed E-state index contributed by atoms with van der Waals surface area (Å²) >= 11 is 5.80. The molecule has 0 amide bonds. The van der Waals surface area contributed by atoms with Gasteiger partial charge in [0, 0.05) is 24.0 Å². The highest BCUT2D eigenvalue weighted by Gasteiger charge is 2.05. The molecule has 0 fully saturated rings. The summed E-state index contributed by atoms with van der Waals surface area (Å²) in [7, 11) is 0. The Labute approximate surface area is 94.3 Å². The predicted octanol–water partition coefficient (Wildman–Crippen LogP) is 2.96. The molecule has 1 aromatic heterocycles. The van der Waals surface area contributed by atoms with Crippen molar-refractivity contribution in [1.82, 2.24) is 4.98 Å². The lowest BCUT2D eigenvalue weighted by atomic mass is 10.3. The number of pyridine rings is 1. The van der Waals surface area contributed by atoms with E-state index >= 15 is 0 Å². The molecule has 0 unspecified atom stereocenters. The van der Waals surface area contributed by atoms with Gasteiger partial charge in [-0.2, -0.15) is 0 Å². The van der Waals surface area contributed by atoms with Gasteiger partial charge in [-0.15, -0.1) is 12.4 Å². The van der Waals surface area contributed by atoms with Gasteiger partial charge in [-0.25, -0.2) is 4.98 Å². The van der Waals surface area contributed by atoms with Crippen molar-refractivity contribution in [1.29, 1.82) is 0 Å². The highest BCUT2D eigenvalue weighted by atomic mass is 35.5. The molecular formula is C10H10Cl2N2. The average molecular weight is 229 g/mol. The van der Waals surface area contributed by atoms with Crippen LogP contribution >= 0.6 is 24.0 Å². The Balaban J connectivity index is 0.000000980. The van der Waals surface area contributed by atoms with E-state index in [1.54, 1.807) is 6.20 Å². The van der Waals surface area contributed by atoms with Crippen LogP contribution in [0.1, 0.15) is 0 Å². The van der Waals surface area contributed by atoms with Gasteiger partial charge < -0.3 is 4.90 Å². The first-order valence-corrected chi connectivity index (χ1v) is 4.45. The zero-order chi connectivity index (χ0) is 9.10. The van der Waals surface area contributed by atoms with Crippen molar-refractivity contribution in [3.8, 4) is 0 Å². The monoisotopic (exact) mass is 228 g/mol. The van der Waals surface area contributed by atoms with Crippen LogP contribution in [0.4, 0.5) is 5.82 Å². The number of hydrogen-bond acceptors (Lipinski definition) is 2. The lowest BCUT2D eigenvalue weighted by Gasteiger charge is -2.19. The van der Waals surface area contributed by atoms with E-state index < -0.39 is 0 Å². The zero-order valence-electron chi connectivity index (χ0n) is 7.43. The van der Waals surface area contributed by atoms with Crippen molar-refractivity contribution in [3.05, 3.63) is 47.8 Å². The molecule has 0 saturated carbocycles. The molecule has 4 heteroatoms. The van der Waals surface area contributed by atoms with E-state index in [-0.39, 0.29) is 12.4 Å². The van der Waals surface area contributed by atoms with Gasteiger partial charge in [-0.1, -0.05) is 17.7 Å². The van der Waals surface area contributed by atoms with Crippen LogP contribution in [0.15, 0.2) is 47.8 Å². The lowest BCUT2D eigenvalue weighted by molar-refractivity contribution is 1.03. The average Bonchev–Trinajstić information content (AvgIpc) is 2.20. The van der Waals surface area contributed by atoms with Gasteiger partial charge >= 0.3 is 0 Å². The fourth-order valence-electron chi connectivity index (χ4n) is 1.17. The summed E-state index contributed by atoms with van der Waals surface area (Å²) in [4.78, 5) is 6.26. The van der Waals surface area contributed by atoms with E-state index in [2.05, 4.69) is 4.98 Å². The molecule has 14 heavy (non-hydrogen) atoms. The Morgan fingerprint density at radius 3 is 2.79 bits per heavy atom. The highest BCUT2D eigenvalue weighted by molar-refractivity contribution is 6.31.